The standard InChI is InChI=1S/C21H23FN2O3/c22-18-10-16(20-17(11-18)13-26-14-27-20)12-24-8-6-19(7-9-24)23-21(25)15-4-2-1-3-5-15/h1-5,10-11,19H,6-9,12-14H2,(H,23,25). The van der Waals surface area contributed by atoms with Gasteiger partial charge in [-0.05, 0) is 37.1 Å². The molecule has 2 aromatic rings. The zero-order valence-corrected chi connectivity index (χ0v) is 15.1. The van der Waals surface area contributed by atoms with Crippen molar-refractivity contribution in [2.75, 3.05) is 19.9 Å². The van der Waals surface area contributed by atoms with Crippen LogP contribution < -0.4 is 10.1 Å². The van der Waals surface area contributed by atoms with Crippen LogP contribution in [0.4, 0.5) is 4.39 Å². The van der Waals surface area contributed by atoms with Gasteiger partial charge in [0.2, 0.25) is 0 Å². The molecule has 2 aromatic carbocycles. The number of halogens is 1. The minimum Gasteiger partial charge on any atom is -0.467 e. The van der Waals surface area contributed by atoms with E-state index < -0.39 is 0 Å². The first kappa shape index (κ1) is 17.9. The molecule has 4 rings (SSSR count). The van der Waals surface area contributed by atoms with Gasteiger partial charge >= 0.3 is 0 Å². The first-order valence-electron chi connectivity index (χ1n) is 9.29. The zero-order valence-electron chi connectivity index (χ0n) is 15.1. The number of carbonyl (C=O) groups is 1. The third-order valence-electron chi connectivity index (χ3n) is 5.10. The topological polar surface area (TPSA) is 50.8 Å². The predicted molar refractivity (Wildman–Crippen MR) is 98.9 cm³/mol. The molecule has 2 aliphatic heterocycles. The second-order valence-electron chi connectivity index (χ2n) is 7.05. The van der Waals surface area contributed by atoms with Gasteiger partial charge in [-0.3, -0.25) is 9.69 Å². The van der Waals surface area contributed by atoms with E-state index in [2.05, 4.69) is 10.2 Å². The molecule has 1 saturated heterocycles. The minimum atomic E-state index is -0.261. The van der Waals surface area contributed by atoms with Crippen molar-refractivity contribution >= 4 is 5.91 Å². The van der Waals surface area contributed by atoms with Crippen LogP contribution in [0.1, 0.15) is 34.3 Å². The molecule has 0 bridgehead atoms. The molecule has 142 valence electrons. The number of nitrogens with one attached hydrogen (secondary N) is 1. The number of carbonyl (C=O) groups excluding carboxylic acids is 1. The molecule has 0 saturated carbocycles. The van der Waals surface area contributed by atoms with Gasteiger partial charge in [0.25, 0.3) is 5.91 Å². The molecule has 2 aliphatic rings. The highest BCUT2D eigenvalue weighted by molar-refractivity contribution is 5.94. The average molecular weight is 370 g/mol. The summed E-state index contributed by atoms with van der Waals surface area (Å²) < 4.78 is 24.7. The lowest BCUT2D eigenvalue weighted by Crippen LogP contribution is -2.44. The van der Waals surface area contributed by atoms with E-state index >= 15 is 0 Å². The molecule has 2 heterocycles. The molecule has 0 aliphatic carbocycles. The number of hydrogen-bond donors (Lipinski definition) is 1. The Morgan fingerprint density at radius 3 is 2.74 bits per heavy atom. The van der Waals surface area contributed by atoms with E-state index in [4.69, 9.17) is 9.47 Å². The number of ether oxygens (including phenoxy) is 2. The molecule has 1 N–H and O–H groups in total. The van der Waals surface area contributed by atoms with Crippen LogP contribution in [0, 0.1) is 5.82 Å². The molecule has 0 spiro atoms. The van der Waals surface area contributed by atoms with Crippen LogP contribution in [0.3, 0.4) is 0 Å². The fourth-order valence-electron chi connectivity index (χ4n) is 3.71. The predicted octanol–water partition coefficient (Wildman–Crippen LogP) is 3.09. The Bertz CT molecular complexity index is 805. The summed E-state index contributed by atoms with van der Waals surface area (Å²) in [7, 11) is 0. The molecular formula is C21H23FN2O3. The smallest absolute Gasteiger partial charge is 0.251 e. The van der Waals surface area contributed by atoms with Gasteiger partial charge in [0.05, 0.1) is 6.61 Å². The summed E-state index contributed by atoms with van der Waals surface area (Å²) >= 11 is 0. The monoisotopic (exact) mass is 370 g/mol. The van der Waals surface area contributed by atoms with Gasteiger partial charge in [0, 0.05) is 42.4 Å². The van der Waals surface area contributed by atoms with Crippen molar-refractivity contribution in [1.29, 1.82) is 0 Å². The SMILES string of the molecule is O=C(NC1CCN(Cc2cc(F)cc3c2OCOC3)CC1)c1ccccc1. The van der Waals surface area contributed by atoms with E-state index in [0.717, 1.165) is 42.8 Å². The Labute approximate surface area is 158 Å². The van der Waals surface area contributed by atoms with Crippen molar-refractivity contribution in [2.24, 2.45) is 0 Å². The number of likely N-dealkylation sites (tertiary alicyclic amines) is 1. The van der Waals surface area contributed by atoms with Gasteiger partial charge < -0.3 is 14.8 Å². The van der Waals surface area contributed by atoms with Gasteiger partial charge in [-0.1, -0.05) is 18.2 Å². The van der Waals surface area contributed by atoms with E-state index in [0.29, 0.717) is 18.7 Å². The summed E-state index contributed by atoms with van der Waals surface area (Å²) in [4.78, 5) is 14.6. The Kier molecular flexibility index (Phi) is 5.36. The molecule has 5 nitrogen and oxygen atoms in total. The molecule has 0 unspecified atom stereocenters. The van der Waals surface area contributed by atoms with Crippen molar-refractivity contribution < 1.29 is 18.7 Å². The fourth-order valence-corrected chi connectivity index (χ4v) is 3.71. The van der Waals surface area contributed by atoms with E-state index in [1.807, 2.05) is 30.3 Å². The lowest BCUT2D eigenvalue weighted by Gasteiger charge is -2.33. The van der Waals surface area contributed by atoms with E-state index in [9.17, 15) is 9.18 Å². The summed E-state index contributed by atoms with van der Waals surface area (Å²) in [5.41, 5.74) is 2.31. The van der Waals surface area contributed by atoms with Crippen molar-refractivity contribution in [1.82, 2.24) is 10.2 Å². The number of benzene rings is 2. The molecule has 0 aromatic heterocycles. The molecule has 0 atom stereocenters. The first-order valence-corrected chi connectivity index (χ1v) is 9.29. The number of amides is 1. The third kappa shape index (κ3) is 4.28. The first-order chi connectivity index (χ1) is 13.2. The maximum Gasteiger partial charge on any atom is 0.251 e. The van der Waals surface area contributed by atoms with Crippen LogP contribution in [0.2, 0.25) is 0 Å². The number of piperidine rings is 1. The quantitative estimate of drug-likeness (QED) is 0.899. The minimum absolute atomic E-state index is 0.0262. The van der Waals surface area contributed by atoms with Crippen molar-refractivity contribution in [3.63, 3.8) is 0 Å². The van der Waals surface area contributed by atoms with E-state index in [1.54, 1.807) is 6.07 Å². The second kappa shape index (κ2) is 8.06. The number of nitrogens with zero attached hydrogens (tertiary/aromatic N) is 1. The van der Waals surface area contributed by atoms with Crippen molar-refractivity contribution in [3.8, 4) is 5.75 Å². The average Bonchev–Trinajstić information content (AvgIpc) is 2.70. The summed E-state index contributed by atoms with van der Waals surface area (Å²) in [5, 5.41) is 3.11. The van der Waals surface area contributed by atoms with E-state index in [-0.39, 0.29) is 24.6 Å². The Hall–Kier alpha value is -2.44. The Morgan fingerprint density at radius 2 is 1.96 bits per heavy atom. The molecule has 27 heavy (non-hydrogen) atoms. The highest BCUT2D eigenvalue weighted by Crippen LogP contribution is 2.31. The van der Waals surface area contributed by atoms with Gasteiger partial charge in [-0.2, -0.15) is 0 Å². The third-order valence-corrected chi connectivity index (χ3v) is 5.10. The highest BCUT2D eigenvalue weighted by atomic mass is 19.1. The van der Waals surface area contributed by atoms with E-state index in [1.165, 1.54) is 6.07 Å². The van der Waals surface area contributed by atoms with Gasteiger partial charge in [0.15, 0.2) is 6.79 Å². The molecule has 0 radical (unpaired) electrons. The summed E-state index contributed by atoms with van der Waals surface area (Å²) in [5.74, 6) is 0.465. The lowest BCUT2D eigenvalue weighted by molar-refractivity contribution is -0.0177. The van der Waals surface area contributed by atoms with Crippen LogP contribution in [-0.4, -0.2) is 36.7 Å². The number of fused-ring (bicyclic) bond motifs is 1. The highest BCUT2D eigenvalue weighted by Gasteiger charge is 2.24. The van der Waals surface area contributed by atoms with Gasteiger partial charge in [0.1, 0.15) is 11.6 Å². The normalized spacial score (nSPS) is 17.8. The van der Waals surface area contributed by atoms with Crippen LogP contribution in [-0.2, 0) is 17.9 Å². The molecule has 6 heteroatoms. The van der Waals surface area contributed by atoms with Crippen molar-refractivity contribution in [2.45, 2.75) is 32.0 Å². The molecule has 1 amide bonds. The maximum absolute atomic E-state index is 13.9. The van der Waals surface area contributed by atoms with Crippen LogP contribution in [0.5, 0.6) is 5.75 Å². The Balaban J connectivity index is 1.34. The van der Waals surface area contributed by atoms with Gasteiger partial charge in [-0.25, -0.2) is 4.39 Å². The fraction of sp³-hybridized carbons (Fsp3) is 0.381. The summed E-state index contributed by atoms with van der Waals surface area (Å²) in [6, 6.07) is 12.5. The number of rotatable bonds is 4. The maximum atomic E-state index is 13.9. The van der Waals surface area contributed by atoms with Crippen LogP contribution in [0.15, 0.2) is 42.5 Å². The van der Waals surface area contributed by atoms with Crippen LogP contribution >= 0.6 is 0 Å². The Morgan fingerprint density at radius 1 is 1.19 bits per heavy atom. The zero-order chi connectivity index (χ0) is 18.6. The lowest BCUT2D eigenvalue weighted by atomic mass is 10.0. The molecule has 1 fully saturated rings. The van der Waals surface area contributed by atoms with Gasteiger partial charge in [-0.15, -0.1) is 0 Å². The van der Waals surface area contributed by atoms with Crippen molar-refractivity contribution in [3.05, 3.63) is 65.0 Å². The van der Waals surface area contributed by atoms with Crippen LogP contribution in [0.25, 0.3) is 0 Å². The second-order valence-corrected chi connectivity index (χ2v) is 7.05. The molecular weight excluding hydrogens is 347 g/mol. The summed E-state index contributed by atoms with van der Waals surface area (Å²) in [6.45, 7) is 2.93. The number of hydrogen-bond acceptors (Lipinski definition) is 4. The largest absolute Gasteiger partial charge is 0.467 e. The summed E-state index contributed by atoms with van der Waals surface area (Å²) in [6.07, 6.45) is 1.75.